The lowest BCUT2D eigenvalue weighted by Crippen LogP contribution is -2.22. The molecule has 0 unspecified atom stereocenters. The molecule has 0 radical (unpaired) electrons. The van der Waals surface area contributed by atoms with E-state index in [2.05, 4.69) is 27.2 Å². The summed E-state index contributed by atoms with van der Waals surface area (Å²) in [4.78, 5) is 13.5. The zero-order valence-electron chi connectivity index (χ0n) is 10.6. The van der Waals surface area contributed by atoms with Gasteiger partial charge in [0.15, 0.2) is 0 Å². The van der Waals surface area contributed by atoms with Crippen molar-refractivity contribution in [2.75, 3.05) is 18.0 Å². The third-order valence-electron chi connectivity index (χ3n) is 3.93. The molecule has 1 saturated carbocycles. The van der Waals surface area contributed by atoms with Crippen LogP contribution in [0.1, 0.15) is 18.4 Å². The molecule has 5 heteroatoms. The van der Waals surface area contributed by atoms with Gasteiger partial charge in [0, 0.05) is 24.3 Å². The van der Waals surface area contributed by atoms with Crippen molar-refractivity contribution >= 4 is 5.69 Å². The van der Waals surface area contributed by atoms with Crippen LogP contribution >= 0.6 is 0 Å². The molecule has 0 saturated heterocycles. The maximum absolute atomic E-state index is 11.0. The van der Waals surface area contributed by atoms with E-state index in [0.29, 0.717) is 5.89 Å². The van der Waals surface area contributed by atoms with E-state index in [0.717, 1.165) is 24.4 Å². The Kier molecular flexibility index (Phi) is 2.27. The zero-order chi connectivity index (χ0) is 12.8. The summed E-state index contributed by atoms with van der Waals surface area (Å²) in [6, 6.07) is 6.18. The maximum atomic E-state index is 11.0. The Morgan fingerprint density at radius 2 is 2.32 bits per heavy atom. The van der Waals surface area contributed by atoms with Crippen molar-refractivity contribution in [1.29, 1.82) is 0 Å². The summed E-state index contributed by atoms with van der Waals surface area (Å²) in [5.74, 6) is 0.759. The smallest absolute Gasteiger partial charge is 0.388 e. The van der Waals surface area contributed by atoms with Crippen LogP contribution in [0, 0.1) is 5.92 Å². The molecular formula is C14H15N3O2. The van der Waals surface area contributed by atoms with Crippen LogP contribution < -0.4 is 10.7 Å². The fourth-order valence-electron chi connectivity index (χ4n) is 2.76. The van der Waals surface area contributed by atoms with Gasteiger partial charge in [-0.3, -0.25) is 0 Å². The summed E-state index contributed by atoms with van der Waals surface area (Å²) < 4.78 is 4.99. The van der Waals surface area contributed by atoms with E-state index in [1.54, 1.807) is 0 Å². The van der Waals surface area contributed by atoms with Crippen LogP contribution in [0.2, 0.25) is 0 Å². The maximum Gasteiger partial charge on any atom is 0.434 e. The van der Waals surface area contributed by atoms with E-state index in [1.807, 2.05) is 6.07 Å². The van der Waals surface area contributed by atoms with Crippen molar-refractivity contribution in [2.24, 2.45) is 5.92 Å². The second kappa shape index (κ2) is 3.98. The number of aromatic nitrogens is 2. The topological polar surface area (TPSA) is 62.1 Å². The van der Waals surface area contributed by atoms with Crippen molar-refractivity contribution in [3.63, 3.8) is 0 Å². The highest BCUT2D eigenvalue weighted by Gasteiger charge is 2.28. The molecule has 1 aromatic carbocycles. The van der Waals surface area contributed by atoms with Gasteiger partial charge in [-0.05, 0) is 48.9 Å². The quantitative estimate of drug-likeness (QED) is 0.910. The van der Waals surface area contributed by atoms with Crippen LogP contribution in [0.5, 0.6) is 0 Å². The number of hydrogen-bond donors (Lipinski definition) is 1. The van der Waals surface area contributed by atoms with Gasteiger partial charge in [-0.25, -0.2) is 9.89 Å². The summed E-state index contributed by atoms with van der Waals surface area (Å²) >= 11 is 0. The van der Waals surface area contributed by atoms with E-state index in [1.165, 1.54) is 30.6 Å². The summed E-state index contributed by atoms with van der Waals surface area (Å²) in [6.45, 7) is 2.28. The van der Waals surface area contributed by atoms with E-state index in [9.17, 15) is 4.79 Å². The second-order valence-corrected chi connectivity index (χ2v) is 5.40. The average molecular weight is 257 g/mol. The molecule has 1 fully saturated rings. The van der Waals surface area contributed by atoms with Crippen LogP contribution in [0.25, 0.3) is 11.5 Å². The zero-order valence-corrected chi connectivity index (χ0v) is 10.6. The predicted octanol–water partition coefficient (Wildman–Crippen LogP) is 1.80. The molecule has 1 aliphatic heterocycles. The van der Waals surface area contributed by atoms with Gasteiger partial charge in [-0.2, -0.15) is 0 Å². The SMILES string of the molecule is O=c1[nH]nc(-c2ccc3c(c2)CCN3CC2CC2)o1. The lowest BCUT2D eigenvalue weighted by Gasteiger charge is -2.18. The van der Waals surface area contributed by atoms with Crippen LogP contribution in [-0.2, 0) is 6.42 Å². The van der Waals surface area contributed by atoms with Gasteiger partial charge in [0.25, 0.3) is 0 Å². The number of rotatable bonds is 3. The van der Waals surface area contributed by atoms with Crippen LogP contribution in [0.15, 0.2) is 27.4 Å². The molecule has 4 rings (SSSR count). The van der Waals surface area contributed by atoms with E-state index in [4.69, 9.17) is 4.42 Å². The summed E-state index contributed by atoms with van der Waals surface area (Å²) in [7, 11) is 0. The highest BCUT2D eigenvalue weighted by atomic mass is 16.4. The second-order valence-electron chi connectivity index (χ2n) is 5.40. The molecule has 2 aromatic rings. The first-order chi connectivity index (χ1) is 9.29. The highest BCUT2D eigenvalue weighted by Crippen LogP contribution is 2.36. The van der Waals surface area contributed by atoms with Gasteiger partial charge in [-0.15, -0.1) is 5.10 Å². The number of hydrogen-bond acceptors (Lipinski definition) is 4. The van der Waals surface area contributed by atoms with Gasteiger partial charge in [0.05, 0.1) is 0 Å². The van der Waals surface area contributed by atoms with E-state index >= 15 is 0 Å². The summed E-state index contributed by atoms with van der Waals surface area (Å²) in [5, 5.41) is 6.17. The minimum absolute atomic E-state index is 0.369. The third-order valence-corrected chi connectivity index (χ3v) is 3.93. The first-order valence-corrected chi connectivity index (χ1v) is 6.73. The van der Waals surface area contributed by atoms with Gasteiger partial charge in [-0.1, -0.05) is 0 Å². The Bertz CT molecular complexity index is 669. The van der Waals surface area contributed by atoms with Gasteiger partial charge in [0.1, 0.15) is 0 Å². The molecule has 98 valence electrons. The van der Waals surface area contributed by atoms with Crippen LogP contribution in [-0.4, -0.2) is 23.3 Å². The number of nitrogens with one attached hydrogen (secondary N) is 1. The standard InChI is InChI=1S/C14H15N3O2/c18-14-16-15-13(19-14)11-3-4-12-10(7-11)5-6-17(12)8-9-1-2-9/h3-4,7,9H,1-2,5-6,8H2,(H,16,18). The Hall–Kier alpha value is -2.04. The van der Waals surface area contributed by atoms with Crippen molar-refractivity contribution in [3.05, 3.63) is 34.3 Å². The first kappa shape index (κ1) is 10.8. The van der Waals surface area contributed by atoms with Gasteiger partial charge in [0.2, 0.25) is 5.89 Å². The molecule has 0 atom stereocenters. The molecule has 5 nitrogen and oxygen atoms in total. The van der Waals surface area contributed by atoms with Crippen molar-refractivity contribution in [3.8, 4) is 11.5 Å². The first-order valence-electron chi connectivity index (χ1n) is 6.73. The molecule has 2 aliphatic rings. The summed E-state index contributed by atoms with van der Waals surface area (Å²) in [5.41, 5.74) is 3.52. The fraction of sp³-hybridized carbons (Fsp3) is 0.429. The number of anilines is 1. The molecule has 19 heavy (non-hydrogen) atoms. The Morgan fingerprint density at radius 3 is 3.05 bits per heavy atom. The molecule has 1 aliphatic carbocycles. The monoisotopic (exact) mass is 257 g/mol. The molecular weight excluding hydrogens is 242 g/mol. The lowest BCUT2D eigenvalue weighted by molar-refractivity contribution is 0.527. The van der Waals surface area contributed by atoms with Crippen molar-refractivity contribution < 1.29 is 4.42 Å². The van der Waals surface area contributed by atoms with Crippen LogP contribution in [0.3, 0.4) is 0 Å². The van der Waals surface area contributed by atoms with Crippen molar-refractivity contribution in [1.82, 2.24) is 10.2 Å². The number of aromatic amines is 1. The highest BCUT2D eigenvalue weighted by molar-refractivity contribution is 5.66. The number of H-pyrrole nitrogens is 1. The average Bonchev–Trinajstić information content (AvgIpc) is 2.98. The molecule has 2 heterocycles. The Balaban J connectivity index is 1.65. The largest absolute Gasteiger partial charge is 0.434 e. The van der Waals surface area contributed by atoms with Gasteiger partial charge < -0.3 is 9.32 Å². The van der Waals surface area contributed by atoms with E-state index < -0.39 is 5.76 Å². The van der Waals surface area contributed by atoms with Crippen molar-refractivity contribution in [2.45, 2.75) is 19.3 Å². The molecule has 1 aromatic heterocycles. The predicted molar refractivity (Wildman–Crippen MR) is 71.2 cm³/mol. The van der Waals surface area contributed by atoms with Crippen LogP contribution in [0.4, 0.5) is 5.69 Å². The lowest BCUT2D eigenvalue weighted by atomic mass is 10.1. The number of fused-ring (bicyclic) bond motifs is 1. The Labute approximate surface area is 110 Å². The minimum atomic E-state index is -0.508. The van der Waals surface area contributed by atoms with E-state index in [-0.39, 0.29) is 0 Å². The Morgan fingerprint density at radius 1 is 1.42 bits per heavy atom. The number of benzene rings is 1. The molecule has 0 bridgehead atoms. The van der Waals surface area contributed by atoms with Gasteiger partial charge >= 0.3 is 5.76 Å². The molecule has 0 spiro atoms. The normalized spacial score (nSPS) is 17.8. The minimum Gasteiger partial charge on any atom is -0.388 e. The molecule has 0 amide bonds. The summed E-state index contributed by atoms with van der Waals surface area (Å²) in [6.07, 6.45) is 3.81. The fourth-order valence-corrected chi connectivity index (χ4v) is 2.76. The third kappa shape index (κ3) is 1.95. The molecule has 1 N–H and O–H groups in total. The number of nitrogens with zero attached hydrogens (tertiary/aromatic N) is 2.